The third-order valence-corrected chi connectivity index (χ3v) is 1.81. The predicted molar refractivity (Wildman–Crippen MR) is 34.5 cm³/mol. The lowest BCUT2D eigenvalue weighted by molar-refractivity contribution is -0.141. The fourth-order valence-corrected chi connectivity index (χ4v) is 0.840. The summed E-state index contributed by atoms with van der Waals surface area (Å²) in [5, 5.41) is 8.48. The normalized spacial score (nSPS) is 21.2. The highest BCUT2D eigenvalue weighted by atomic mass is 19.4. The molecule has 1 rings (SSSR count). The van der Waals surface area contributed by atoms with Crippen molar-refractivity contribution in [2.75, 3.05) is 0 Å². The van der Waals surface area contributed by atoms with Crippen LogP contribution in [0.3, 0.4) is 0 Å². The summed E-state index contributed by atoms with van der Waals surface area (Å²) in [6.07, 6.45) is -3.08. The van der Waals surface area contributed by atoms with E-state index in [0.717, 1.165) is 6.08 Å². The summed E-state index contributed by atoms with van der Waals surface area (Å²) in [6.45, 7) is 0. The molecular weight excluding hydrogens is 173 g/mol. The summed E-state index contributed by atoms with van der Waals surface area (Å²) in [5.74, 6) is -1.18. The standard InChI is InChI=1S/C7H7F3O2/c8-7(9,10)4-3-6(1-2-6)5(11)12/h3-4H,1-2H2,(H,11,12). The number of carboxylic acid groups (broad SMARTS) is 1. The zero-order valence-electron chi connectivity index (χ0n) is 6.06. The fourth-order valence-electron chi connectivity index (χ4n) is 0.840. The molecule has 1 saturated carbocycles. The number of aliphatic carboxylic acids is 1. The highest BCUT2D eigenvalue weighted by molar-refractivity contribution is 5.80. The minimum absolute atomic E-state index is 0.00583. The van der Waals surface area contributed by atoms with E-state index in [9.17, 15) is 18.0 Å². The molecule has 0 atom stereocenters. The lowest BCUT2D eigenvalue weighted by Crippen LogP contribution is -2.13. The van der Waals surface area contributed by atoms with Gasteiger partial charge in [0, 0.05) is 6.08 Å². The Morgan fingerprint density at radius 3 is 2.17 bits per heavy atom. The van der Waals surface area contributed by atoms with Crippen LogP contribution in [-0.2, 0) is 4.79 Å². The van der Waals surface area contributed by atoms with Crippen molar-refractivity contribution in [3.05, 3.63) is 12.2 Å². The third-order valence-electron chi connectivity index (χ3n) is 1.81. The lowest BCUT2D eigenvalue weighted by Gasteiger charge is -2.03. The highest BCUT2D eigenvalue weighted by Gasteiger charge is 2.48. The first-order valence-electron chi connectivity index (χ1n) is 3.36. The topological polar surface area (TPSA) is 37.3 Å². The molecule has 0 unspecified atom stereocenters. The lowest BCUT2D eigenvalue weighted by atomic mass is 10.1. The van der Waals surface area contributed by atoms with E-state index in [4.69, 9.17) is 5.11 Å². The molecule has 1 aliphatic carbocycles. The van der Waals surface area contributed by atoms with Crippen LogP contribution < -0.4 is 0 Å². The summed E-state index contributed by atoms with van der Waals surface area (Å²) < 4.78 is 34.8. The van der Waals surface area contributed by atoms with Crippen molar-refractivity contribution in [2.24, 2.45) is 5.41 Å². The van der Waals surface area contributed by atoms with Gasteiger partial charge in [-0.15, -0.1) is 0 Å². The van der Waals surface area contributed by atoms with E-state index >= 15 is 0 Å². The van der Waals surface area contributed by atoms with Gasteiger partial charge in [0.05, 0.1) is 5.41 Å². The molecule has 0 bridgehead atoms. The summed E-state index contributed by atoms with van der Waals surface area (Å²) in [6, 6.07) is 0. The maximum absolute atomic E-state index is 11.6. The van der Waals surface area contributed by atoms with Crippen LogP contribution in [0.2, 0.25) is 0 Å². The van der Waals surface area contributed by atoms with Gasteiger partial charge in [-0.1, -0.05) is 6.08 Å². The molecule has 5 heteroatoms. The molecule has 1 fully saturated rings. The Labute approximate surface area is 66.7 Å². The van der Waals surface area contributed by atoms with Crippen LogP contribution >= 0.6 is 0 Å². The van der Waals surface area contributed by atoms with Crippen LogP contribution in [0.4, 0.5) is 13.2 Å². The van der Waals surface area contributed by atoms with E-state index in [0.29, 0.717) is 12.8 Å². The molecule has 0 aliphatic heterocycles. The van der Waals surface area contributed by atoms with Gasteiger partial charge in [0.15, 0.2) is 0 Å². The van der Waals surface area contributed by atoms with E-state index < -0.39 is 17.6 Å². The second-order valence-electron chi connectivity index (χ2n) is 2.84. The third kappa shape index (κ3) is 1.99. The number of carbonyl (C=O) groups is 1. The molecule has 0 amide bonds. The van der Waals surface area contributed by atoms with Crippen molar-refractivity contribution in [2.45, 2.75) is 19.0 Å². The summed E-state index contributed by atoms with van der Waals surface area (Å²) in [7, 11) is 0. The average Bonchev–Trinajstić information content (AvgIpc) is 2.61. The first kappa shape index (κ1) is 9.09. The molecule has 0 aromatic rings. The number of hydrogen-bond donors (Lipinski definition) is 1. The molecule has 2 nitrogen and oxygen atoms in total. The Hall–Kier alpha value is -1.00. The molecule has 1 N–H and O–H groups in total. The molecular formula is C7H7F3O2. The molecule has 12 heavy (non-hydrogen) atoms. The number of carboxylic acids is 1. The number of alkyl halides is 3. The Kier molecular flexibility index (Phi) is 1.89. The molecule has 0 aromatic carbocycles. The van der Waals surface area contributed by atoms with E-state index in [1.807, 2.05) is 0 Å². The molecule has 0 aromatic heterocycles. The second kappa shape index (κ2) is 2.50. The van der Waals surface area contributed by atoms with Gasteiger partial charge in [0.2, 0.25) is 0 Å². The quantitative estimate of drug-likeness (QED) is 0.659. The summed E-state index contributed by atoms with van der Waals surface area (Å²) in [4.78, 5) is 10.4. The van der Waals surface area contributed by atoms with Gasteiger partial charge in [-0.3, -0.25) is 4.79 Å². The number of hydrogen-bond acceptors (Lipinski definition) is 1. The molecule has 0 heterocycles. The Morgan fingerprint density at radius 1 is 1.42 bits per heavy atom. The van der Waals surface area contributed by atoms with Gasteiger partial charge in [-0.05, 0) is 12.8 Å². The van der Waals surface area contributed by atoms with E-state index in [1.165, 1.54) is 0 Å². The average molecular weight is 180 g/mol. The van der Waals surface area contributed by atoms with E-state index in [-0.39, 0.29) is 6.08 Å². The minimum Gasteiger partial charge on any atom is -0.481 e. The zero-order chi connectivity index (χ0) is 9.41. The molecule has 0 spiro atoms. The second-order valence-corrected chi connectivity index (χ2v) is 2.84. The highest BCUT2D eigenvalue weighted by Crippen LogP contribution is 2.47. The van der Waals surface area contributed by atoms with Crippen LogP contribution in [-0.4, -0.2) is 17.3 Å². The molecule has 0 saturated heterocycles. The molecule has 0 radical (unpaired) electrons. The maximum atomic E-state index is 11.6. The number of allylic oxidation sites excluding steroid dienone is 1. The Morgan fingerprint density at radius 2 is 1.92 bits per heavy atom. The molecule has 68 valence electrons. The SMILES string of the molecule is O=C(O)C1(C=CC(F)(F)F)CC1. The maximum Gasteiger partial charge on any atom is 0.409 e. The van der Waals surface area contributed by atoms with E-state index in [2.05, 4.69) is 0 Å². The van der Waals surface area contributed by atoms with Gasteiger partial charge < -0.3 is 5.11 Å². The van der Waals surface area contributed by atoms with Crippen LogP contribution in [0, 0.1) is 5.41 Å². The van der Waals surface area contributed by atoms with Crippen molar-refractivity contribution < 1.29 is 23.1 Å². The smallest absolute Gasteiger partial charge is 0.409 e. The number of halogens is 3. The van der Waals surface area contributed by atoms with Crippen LogP contribution in [0.1, 0.15) is 12.8 Å². The van der Waals surface area contributed by atoms with Gasteiger partial charge in [0.25, 0.3) is 0 Å². The first-order valence-corrected chi connectivity index (χ1v) is 3.36. The Balaban J connectivity index is 2.63. The zero-order valence-corrected chi connectivity index (χ0v) is 6.06. The van der Waals surface area contributed by atoms with Crippen LogP contribution in [0.25, 0.3) is 0 Å². The van der Waals surface area contributed by atoms with Crippen molar-refractivity contribution in [3.63, 3.8) is 0 Å². The van der Waals surface area contributed by atoms with Gasteiger partial charge in [0.1, 0.15) is 0 Å². The van der Waals surface area contributed by atoms with Crippen molar-refractivity contribution in [1.82, 2.24) is 0 Å². The number of rotatable bonds is 2. The van der Waals surface area contributed by atoms with Gasteiger partial charge in [-0.25, -0.2) is 0 Å². The molecule has 1 aliphatic rings. The summed E-state index contributed by atoms with van der Waals surface area (Å²) >= 11 is 0. The van der Waals surface area contributed by atoms with E-state index in [1.54, 1.807) is 0 Å². The van der Waals surface area contributed by atoms with Crippen molar-refractivity contribution >= 4 is 5.97 Å². The van der Waals surface area contributed by atoms with Crippen molar-refractivity contribution in [3.8, 4) is 0 Å². The first-order chi connectivity index (χ1) is 5.36. The predicted octanol–water partition coefficient (Wildman–Crippen LogP) is 1.97. The monoisotopic (exact) mass is 180 g/mol. The van der Waals surface area contributed by atoms with Gasteiger partial charge >= 0.3 is 12.1 Å². The van der Waals surface area contributed by atoms with Gasteiger partial charge in [-0.2, -0.15) is 13.2 Å². The van der Waals surface area contributed by atoms with Crippen LogP contribution in [0.5, 0.6) is 0 Å². The van der Waals surface area contributed by atoms with Crippen LogP contribution in [0.15, 0.2) is 12.2 Å². The van der Waals surface area contributed by atoms with Crippen molar-refractivity contribution in [1.29, 1.82) is 0 Å². The fraction of sp³-hybridized carbons (Fsp3) is 0.571. The largest absolute Gasteiger partial charge is 0.481 e. The Bertz CT molecular complexity index is 225. The summed E-state index contributed by atoms with van der Waals surface area (Å²) in [5.41, 5.74) is -1.23. The minimum atomic E-state index is -4.41.